The Morgan fingerprint density at radius 3 is 2.41 bits per heavy atom. The molecule has 1 unspecified atom stereocenters. The van der Waals surface area contributed by atoms with Crippen molar-refractivity contribution in [3.63, 3.8) is 0 Å². The maximum absolute atomic E-state index is 10.6. The van der Waals surface area contributed by atoms with Gasteiger partial charge in [0.05, 0.1) is 14.2 Å². The van der Waals surface area contributed by atoms with Crippen LogP contribution in [0.4, 0.5) is 0 Å². The van der Waals surface area contributed by atoms with Crippen LogP contribution in [0.15, 0.2) is 6.07 Å². The monoisotopic (exact) mass is 256 g/mol. The van der Waals surface area contributed by atoms with Crippen molar-refractivity contribution in [3.8, 4) is 11.5 Å². The molecular weight excluding hydrogens is 240 g/mol. The minimum absolute atomic E-state index is 0.0737. The summed E-state index contributed by atoms with van der Waals surface area (Å²) in [5, 5.41) is 0.461. The van der Waals surface area contributed by atoms with Crippen LogP contribution in [0.3, 0.4) is 0 Å². The van der Waals surface area contributed by atoms with Gasteiger partial charge >= 0.3 is 0 Å². The molecule has 4 heteroatoms. The summed E-state index contributed by atoms with van der Waals surface area (Å²) in [6, 6.07) is 1.96. The van der Waals surface area contributed by atoms with Crippen molar-refractivity contribution >= 4 is 17.9 Å². The summed E-state index contributed by atoms with van der Waals surface area (Å²) in [7, 11) is 3.13. The number of hydrogen-bond donors (Lipinski definition) is 0. The van der Waals surface area contributed by atoms with Crippen molar-refractivity contribution in [2.24, 2.45) is 0 Å². The Morgan fingerprint density at radius 2 is 1.94 bits per heavy atom. The first-order valence-corrected chi connectivity index (χ1v) is 5.79. The molecule has 0 radical (unpaired) electrons. The van der Waals surface area contributed by atoms with Gasteiger partial charge in [-0.15, -0.1) is 0 Å². The van der Waals surface area contributed by atoms with E-state index in [4.69, 9.17) is 21.1 Å². The van der Waals surface area contributed by atoms with Crippen molar-refractivity contribution in [2.45, 2.75) is 26.2 Å². The zero-order valence-corrected chi connectivity index (χ0v) is 11.3. The average Bonchev–Trinajstić information content (AvgIpc) is 2.29. The number of carbonyl (C=O) groups is 1. The molecule has 0 spiro atoms. The standard InChI is InChI=1S/C13H17ClO3/c1-8(5-6-15)10-7-9(2)12(16-3)11(14)13(10)17-4/h6-8H,5H2,1-4H3. The van der Waals surface area contributed by atoms with Gasteiger partial charge in [0.2, 0.25) is 0 Å². The molecule has 0 fully saturated rings. The molecule has 0 aliphatic rings. The zero-order chi connectivity index (χ0) is 13.0. The van der Waals surface area contributed by atoms with E-state index in [0.717, 1.165) is 17.4 Å². The minimum atomic E-state index is 0.0737. The fourth-order valence-corrected chi connectivity index (χ4v) is 2.28. The summed E-state index contributed by atoms with van der Waals surface area (Å²) < 4.78 is 10.5. The van der Waals surface area contributed by atoms with Gasteiger partial charge in [0, 0.05) is 6.42 Å². The van der Waals surface area contributed by atoms with E-state index >= 15 is 0 Å². The summed E-state index contributed by atoms with van der Waals surface area (Å²) in [4.78, 5) is 10.6. The van der Waals surface area contributed by atoms with E-state index in [9.17, 15) is 4.79 Å². The Morgan fingerprint density at radius 1 is 1.35 bits per heavy atom. The SMILES string of the molecule is COc1c(C)cc(C(C)CC=O)c(OC)c1Cl. The summed E-state index contributed by atoms with van der Waals surface area (Å²) >= 11 is 6.23. The van der Waals surface area contributed by atoms with Gasteiger partial charge in [-0.2, -0.15) is 0 Å². The molecule has 1 rings (SSSR count). The van der Waals surface area contributed by atoms with Crippen LogP contribution in [0.5, 0.6) is 11.5 Å². The number of ether oxygens (including phenoxy) is 2. The molecule has 1 atom stereocenters. The topological polar surface area (TPSA) is 35.5 Å². The summed E-state index contributed by atoms with van der Waals surface area (Å²) in [5.74, 6) is 1.28. The predicted molar refractivity (Wildman–Crippen MR) is 68.4 cm³/mol. The third-order valence-electron chi connectivity index (χ3n) is 2.78. The number of methoxy groups -OCH3 is 2. The average molecular weight is 257 g/mol. The van der Waals surface area contributed by atoms with Crippen LogP contribution in [-0.4, -0.2) is 20.5 Å². The fourth-order valence-electron chi connectivity index (χ4n) is 1.86. The summed E-state index contributed by atoms with van der Waals surface area (Å²) in [5.41, 5.74) is 1.87. The Labute approximate surface area is 107 Å². The van der Waals surface area contributed by atoms with Crippen LogP contribution in [-0.2, 0) is 4.79 Å². The van der Waals surface area contributed by atoms with Crippen LogP contribution in [0, 0.1) is 6.92 Å². The van der Waals surface area contributed by atoms with Crippen molar-refractivity contribution in [1.29, 1.82) is 0 Å². The van der Waals surface area contributed by atoms with Gasteiger partial charge in [-0.05, 0) is 30.0 Å². The lowest BCUT2D eigenvalue weighted by atomic mass is 9.95. The summed E-state index contributed by atoms with van der Waals surface area (Å²) in [6.07, 6.45) is 1.34. The highest BCUT2D eigenvalue weighted by Crippen LogP contribution is 2.42. The quantitative estimate of drug-likeness (QED) is 0.758. The second kappa shape index (κ2) is 5.92. The molecule has 0 saturated heterocycles. The fraction of sp³-hybridized carbons (Fsp3) is 0.462. The molecule has 0 aliphatic carbocycles. The van der Waals surface area contributed by atoms with E-state index < -0.39 is 0 Å². The van der Waals surface area contributed by atoms with Crippen LogP contribution < -0.4 is 9.47 Å². The first-order chi connectivity index (χ1) is 8.06. The first-order valence-electron chi connectivity index (χ1n) is 5.41. The van der Waals surface area contributed by atoms with Gasteiger partial charge in [0.15, 0.2) is 0 Å². The van der Waals surface area contributed by atoms with Gasteiger partial charge < -0.3 is 14.3 Å². The molecule has 0 bridgehead atoms. The van der Waals surface area contributed by atoms with E-state index in [1.54, 1.807) is 14.2 Å². The Kier molecular flexibility index (Phi) is 4.82. The molecule has 0 N–H and O–H groups in total. The molecule has 1 aromatic rings. The van der Waals surface area contributed by atoms with E-state index in [1.807, 2.05) is 19.9 Å². The number of benzene rings is 1. The molecule has 94 valence electrons. The third-order valence-corrected chi connectivity index (χ3v) is 3.12. The molecule has 0 amide bonds. The Balaban J connectivity index is 3.35. The van der Waals surface area contributed by atoms with Gasteiger partial charge in [-0.1, -0.05) is 18.5 Å². The Hall–Kier alpha value is -1.22. The Bertz CT molecular complexity index is 416. The zero-order valence-electron chi connectivity index (χ0n) is 10.5. The van der Waals surface area contributed by atoms with Gasteiger partial charge in [-0.25, -0.2) is 0 Å². The van der Waals surface area contributed by atoms with Gasteiger partial charge in [-0.3, -0.25) is 0 Å². The highest BCUT2D eigenvalue weighted by atomic mass is 35.5. The molecule has 0 aliphatic heterocycles. The van der Waals surface area contributed by atoms with Crippen molar-refractivity contribution in [2.75, 3.05) is 14.2 Å². The molecule has 0 aromatic heterocycles. The van der Waals surface area contributed by atoms with E-state index in [-0.39, 0.29) is 5.92 Å². The second-order valence-corrected chi connectivity index (χ2v) is 4.34. The molecule has 1 aromatic carbocycles. The number of carbonyl (C=O) groups excluding carboxylic acids is 1. The molecule has 0 heterocycles. The van der Waals surface area contributed by atoms with Crippen LogP contribution in [0.1, 0.15) is 30.4 Å². The van der Waals surface area contributed by atoms with Crippen molar-refractivity contribution in [3.05, 3.63) is 22.2 Å². The van der Waals surface area contributed by atoms with Crippen molar-refractivity contribution in [1.82, 2.24) is 0 Å². The molecule has 17 heavy (non-hydrogen) atoms. The number of halogens is 1. The second-order valence-electron chi connectivity index (χ2n) is 3.97. The third kappa shape index (κ3) is 2.72. The van der Waals surface area contributed by atoms with Crippen LogP contribution in [0.2, 0.25) is 5.02 Å². The van der Waals surface area contributed by atoms with E-state index in [2.05, 4.69) is 0 Å². The highest BCUT2D eigenvalue weighted by Gasteiger charge is 2.19. The molecular formula is C13H17ClO3. The number of aldehydes is 1. The number of aryl methyl sites for hydroxylation is 1. The first kappa shape index (κ1) is 13.8. The number of rotatable bonds is 5. The van der Waals surface area contributed by atoms with Crippen LogP contribution in [0.25, 0.3) is 0 Å². The normalized spacial score (nSPS) is 12.1. The molecule has 3 nitrogen and oxygen atoms in total. The lowest BCUT2D eigenvalue weighted by molar-refractivity contribution is -0.108. The lowest BCUT2D eigenvalue weighted by Crippen LogP contribution is -2.02. The summed E-state index contributed by atoms with van der Waals surface area (Å²) in [6.45, 7) is 3.88. The maximum atomic E-state index is 10.6. The lowest BCUT2D eigenvalue weighted by Gasteiger charge is -2.18. The van der Waals surface area contributed by atoms with E-state index in [0.29, 0.717) is 22.9 Å². The van der Waals surface area contributed by atoms with Crippen molar-refractivity contribution < 1.29 is 14.3 Å². The predicted octanol–water partition coefficient (Wildman–Crippen LogP) is 3.36. The largest absolute Gasteiger partial charge is 0.495 e. The maximum Gasteiger partial charge on any atom is 0.144 e. The minimum Gasteiger partial charge on any atom is -0.495 e. The highest BCUT2D eigenvalue weighted by molar-refractivity contribution is 6.33. The molecule has 0 saturated carbocycles. The smallest absolute Gasteiger partial charge is 0.144 e. The van der Waals surface area contributed by atoms with E-state index in [1.165, 1.54) is 0 Å². The van der Waals surface area contributed by atoms with Gasteiger partial charge in [0.25, 0.3) is 0 Å². The number of hydrogen-bond acceptors (Lipinski definition) is 3. The van der Waals surface area contributed by atoms with Gasteiger partial charge in [0.1, 0.15) is 22.8 Å². The van der Waals surface area contributed by atoms with Crippen LogP contribution >= 0.6 is 11.6 Å².